The number of H-pyrrole nitrogens is 1. The summed E-state index contributed by atoms with van der Waals surface area (Å²) in [6.07, 6.45) is 7.44. The Labute approximate surface area is 228 Å². The molecule has 2 fully saturated rings. The lowest BCUT2D eigenvalue weighted by Crippen LogP contribution is -2.52. The summed E-state index contributed by atoms with van der Waals surface area (Å²) >= 11 is 0. The summed E-state index contributed by atoms with van der Waals surface area (Å²) in [7, 11) is 1.66. The molecule has 1 N–H and O–H groups in total. The summed E-state index contributed by atoms with van der Waals surface area (Å²) < 4.78 is 7.33. The Bertz CT molecular complexity index is 1440. The van der Waals surface area contributed by atoms with Crippen molar-refractivity contribution in [3.63, 3.8) is 0 Å². The summed E-state index contributed by atoms with van der Waals surface area (Å²) in [5, 5.41) is 13.9. The summed E-state index contributed by atoms with van der Waals surface area (Å²) in [6, 6.07) is 18.4. The Balaban J connectivity index is 1.34. The Hall–Kier alpha value is -3.56. The predicted octanol–water partition coefficient (Wildman–Crippen LogP) is 3.81. The van der Waals surface area contributed by atoms with E-state index in [0.717, 1.165) is 49.3 Å². The van der Waals surface area contributed by atoms with Crippen molar-refractivity contribution in [2.45, 2.75) is 57.2 Å². The molecule has 4 aromatic rings. The number of tetrazole rings is 1. The van der Waals surface area contributed by atoms with Crippen LogP contribution in [0.5, 0.6) is 5.75 Å². The van der Waals surface area contributed by atoms with Gasteiger partial charge in [-0.1, -0.05) is 49.6 Å². The van der Waals surface area contributed by atoms with E-state index in [1.54, 1.807) is 7.11 Å². The third-order valence-corrected chi connectivity index (χ3v) is 8.44. The number of aryl methyl sites for hydroxylation is 2. The Morgan fingerprint density at radius 3 is 2.56 bits per heavy atom. The van der Waals surface area contributed by atoms with Crippen LogP contribution in [0.1, 0.15) is 55.1 Å². The number of pyridine rings is 1. The van der Waals surface area contributed by atoms with Gasteiger partial charge in [-0.2, -0.15) is 0 Å². The maximum atomic E-state index is 13.6. The average molecular weight is 528 g/mol. The van der Waals surface area contributed by atoms with Crippen LogP contribution in [-0.4, -0.2) is 74.3 Å². The van der Waals surface area contributed by atoms with Crippen molar-refractivity contribution in [2.24, 2.45) is 0 Å². The Morgan fingerprint density at radius 1 is 1.00 bits per heavy atom. The highest BCUT2D eigenvalue weighted by atomic mass is 16.5. The fourth-order valence-corrected chi connectivity index (χ4v) is 6.28. The normalized spacial score (nSPS) is 18.4. The monoisotopic (exact) mass is 527 g/mol. The van der Waals surface area contributed by atoms with Crippen molar-refractivity contribution in [3.05, 3.63) is 81.9 Å². The highest BCUT2D eigenvalue weighted by molar-refractivity contribution is 5.80. The third kappa shape index (κ3) is 5.60. The smallest absolute Gasteiger partial charge is 0.253 e. The molecule has 9 nitrogen and oxygen atoms in total. The van der Waals surface area contributed by atoms with Gasteiger partial charge in [-0.05, 0) is 59.5 Å². The van der Waals surface area contributed by atoms with Crippen LogP contribution >= 0.6 is 0 Å². The molecule has 1 aliphatic heterocycles. The zero-order valence-corrected chi connectivity index (χ0v) is 22.6. The quantitative estimate of drug-likeness (QED) is 0.373. The Kier molecular flexibility index (Phi) is 7.69. The van der Waals surface area contributed by atoms with Gasteiger partial charge in [0.25, 0.3) is 5.56 Å². The van der Waals surface area contributed by atoms with E-state index in [0.29, 0.717) is 24.0 Å². The molecule has 1 unspecified atom stereocenters. The molecule has 39 heavy (non-hydrogen) atoms. The molecule has 204 valence electrons. The van der Waals surface area contributed by atoms with Gasteiger partial charge in [0.05, 0.1) is 7.11 Å². The fraction of sp³-hybridized carbons (Fsp3) is 0.467. The first kappa shape index (κ1) is 25.7. The summed E-state index contributed by atoms with van der Waals surface area (Å²) in [5.74, 6) is 1.47. The van der Waals surface area contributed by atoms with Gasteiger partial charge in [0, 0.05) is 55.2 Å². The van der Waals surface area contributed by atoms with Crippen LogP contribution in [0.4, 0.5) is 0 Å². The SMILES string of the molecule is COc1ccc2[nH]c(=O)c(C(c3nnnn3CCc3ccccc3)N3CCN(C4CCCCC4)CC3)cc2c1. The maximum Gasteiger partial charge on any atom is 0.253 e. The van der Waals surface area contributed by atoms with Crippen LogP contribution in [0.2, 0.25) is 0 Å². The number of rotatable bonds is 8. The molecule has 0 spiro atoms. The van der Waals surface area contributed by atoms with Crippen LogP contribution in [0.25, 0.3) is 10.9 Å². The van der Waals surface area contributed by atoms with Crippen LogP contribution in [0.15, 0.2) is 59.4 Å². The molecule has 0 amide bonds. The van der Waals surface area contributed by atoms with E-state index in [1.807, 2.05) is 47.1 Å². The molecule has 9 heteroatoms. The molecule has 1 saturated heterocycles. The van der Waals surface area contributed by atoms with Crippen LogP contribution in [0.3, 0.4) is 0 Å². The molecule has 1 atom stereocenters. The van der Waals surface area contributed by atoms with Gasteiger partial charge in [-0.3, -0.25) is 14.6 Å². The first-order valence-electron chi connectivity index (χ1n) is 14.2. The number of ether oxygens (including phenoxy) is 1. The summed E-state index contributed by atoms with van der Waals surface area (Å²) in [4.78, 5) is 21.7. The number of hydrogen-bond donors (Lipinski definition) is 1. The number of aromatic nitrogens is 5. The van der Waals surface area contributed by atoms with Crippen molar-refractivity contribution < 1.29 is 4.74 Å². The van der Waals surface area contributed by atoms with Gasteiger partial charge in [0.15, 0.2) is 5.82 Å². The van der Waals surface area contributed by atoms with E-state index in [2.05, 4.69) is 42.4 Å². The highest BCUT2D eigenvalue weighted by Crippen LogP contribution is 2.30. The third-order valence-electron chi connectivity index (χ3n) is 8.44. The number of nitrogens with zero attached hydrogens (tertiary/aromatic N) is 6. The van der Waals surface area contributed by atoms with Gasteiger partial charge < -0.3 is 9.72 Å². The number of piperazine rings is 1. The van der Waals surface area contributed by atoms with E-state index < -0.39 is 0 Å². The maximum absolute atomic E-state index is 13.6. The first-order chi connectivity index (χ1) is 19.2. The largest absolute Gasteiger partial charge is 0.497 e. The van der Waals surface area contributed by atoms with Gasteiger partial charge in [0.2, 0.25) is 0 Å². The van der Waals surface area contributed by atoms with Crippen LogP contribution < -0.4 is 10.3 Å². The number of fused-ring (bicyclic) bond motifs is 1. The van der Waals surface area contributed by atoms with Crippen molar-refractivity contribution in [1.82, 2.24) is 35.0 Å². The molecule has 6 rings (SSSR count). The molecular weight excluding hydrogens is 490 g/mol. The van der Waals surface area contributed by atoms with E-state index in [4.69, 9.17) is 4.74 Å². The lowest BCUT2D eigenvalue weighted by Gasteiger charge is -2.43. The van der Waals surface area contributed by atoms with Crippen molar-refractivity contribution >= 4 is 10.9 Å². The minimum atomic E-state index is -0.344. The van der Waals surface area contributed by atoms with Gasteiger partial charge in [0.1, 0.15) is 11.8 Å². The lowest BCUT2D eigenvalue weighted by molar-refractivity contribution is 0.0617. The second kappa shape index (κ2) is 11.7. The van der Waals surface area contributed by atoms with Gasteiger partial charge in [-0.25, -0.2) is 4.68 Å². The average Bonchev–Trinajstić information content (AvgIpc) is 3.45. The number of hydrogen-bond acceptors (Lipinski definition) is 7. The predicted molar refractivity (Wildman–Crippen MR) is 151 cm³/mol. The molecule has 0 bridgehead atoms. The van der Waals surface area contributed by atoms with E-state index in [1.165, 1.54) is 37.7 Å². The lowest BCUT2D eigenvalue weighted by atomic mass is 9.93. The molecule has 3 heterocycles. The minimum absolute atomic E-state index is 0.106. The second-order valence-corrected chi connectivity index (χ2v) is 10.8. The number of aromatic amines is 1. The first-order valence-corrected chi connectivity index (χ1v) is 14.2. The van der Waals surface area contributed by atoms with Crippen molar-refractivity contribution in [1.29, 1.82) is 0 Å². The molecule has 2 aromatic carbocycles. The summed E-state index contributed by atoms with van der Waals surface area (Å²) in [5.41, 5.74) is 2.57. The fourth-order valence-electron chi connectivity index (χ4n) is 6.28. The van der Waals surface area contributed by atoms with E-state index in [-0.39, 0.29) is 11.6 Å². The molecule has 2 aliphatic rings. The standard InChI is InChI=1S/C30H37N7O2/c1-39-25-12-13-27-23(20-25)21-26(30(38)31-27)28(36-18-16-35(17-19-36)24-10-6-3-7-11-24)29-32-33-34-37(29)15-14-22-8-4-2-5-9-22/h2,4-5,8-9,12-13,20-21,24,28H,3,6-7,10-11,14-19H2,1H3,(H,31,38). The number of methoxy groups -OCH3 is 1. The van der Waals surface area contributed by atoms with Gasteiger partial charge in [-0.15, -0.1) is 5.10 Å². The molecular formula is C30H37N7O2. The Morgan fingerprint density at radius 2 is 1.79 bits per heavy atom. The molecule has 1 saturated carbocycles. The number of nitrogens with one attached hydrogen (secondary N) is 1. The number of benzene rings is 2. The van der Waals surface area contributed by atoms with Crippen molar-refractivity contribution in [2.75, 3.05) is 33.3 Å². The summed E-state index contributed by atoms with van der Waals surface area (Å²) in [6.45, 7) is 4.35. The highest BCUT2D eigenvalue weighted by Gasteiger charge is 2.34. The van der Waals surface area contributed by atoms with Gasteiger partial charge >= 0.3 is 0 Å². The second-order valence-electron chi connectivity index (χ2n) is 10.8. The van der Waals surface area contributed by atoms with Crippen LogP contribution in [-0.2, 0) is 13.0 Å². The topological polar surface area (TPSA) is 92.2 Å². The van der Waals surface area contributed by atoms with E-state index >= 15 is 0 Å². The zero-order chi connectivity index (χ0) is 26.6. The minimum Gasteiger partial charge on any atom is -0.497 e. The van der Waals surface area contributed by atoms with E-state index in [9.17, 15) is 4.79 Å². The van der Waals surface area contributed by atoms with Crippen molar-refractivity contribution in [3.8, 4) is 5.75 Å². The molecule has 2 aromatic heterocycles. The molecule has 0 radical (unpaired) electrons. The zero-order valence-electron chi connectivity index (χ0n) is 22.6. The van der Waals surface area contributed by atoms with Crippen LogP contribution in [0, 0.1) is 0 Å². The molecule has 1 aliphatic carbocycles.